The van der Waals surface area contributed by atoms with Gasteiger partial charge in [0.25, 0.3) is 5.91 Å². The first-order valence-corrected chi connectivity index (χ1v) is 13.5. The van der Waals surface area contributed by atoms with Crippen LogP contribution in [0, 0.1) is 0 Å². The van der Waals surface area contributed by atoms with E-state index in [1.165, 1.54) is 0 Å². The molecule has 1 amide bonds. The SMILES string of the molecule is O=C(NC1CCNCC1)c1[nH]c2cc(Cl)ccc2c1-c1c(-c2ccccc2)ncn1Cc1ccc(Cl)cc1. The van der Waals surface area contributed by atoms with Crippen LogP contribution in [0.5, 0.6) is 0 Å². The number of nitrogens with one attached hydrogen (secondary N) is 3. The van der Waals surface area contributed by atoms with Gasteiger partial charge in [-0.15, -0.1) is 0 Å². The van der Waals surface area contributed by atoms with E-state index in [1.807, 2.05) is 79.1 Å². The maximum Gasteiger partial charge on any atom is 0.268 e. The molecule has 6 rings (SSSR count). The number of rotatable bonds is 6. The van der Waals surface area contributed by atoms with Gasteiger partial charge in [0.05, 0.1) is 17.7 Å². The number of halogens is 2. The second-order valence-corrected chi connectivity index (χ2v) is 10.5. The molecule has 0 bridgehead atoms. The van der Waals surface area contributed by atoms with E-state index in [4.69, 9.17) is 28.2 Å². The third kappa shape index (κ3) is 4.95. The van der Waals surface area contributed by atoms with E-state index in [9.17, 15) is 4.79 Å². The van der Waals surface area contributed by atoms with Crippen molar-refractivity contribution in [3.63, 3.8) is 0 Å². The fourth-order valence-electron chi connectivity index (χ4n) is 5.17. The van der Waals surface area contributed by atoms with Crippen LogP contribution in [0.15, 0.2) is 79.1 Å². The van der Waals surface area contributed by atoms with Crippen molar-refractivity contribution < 1.29 is 4.79 Å². The van der Waals surface area contributed by atoms with Crippen LogP contribution in [0.4, 0.5) is 0 Å². The smallest absolute Gasteiger partial charge is 0.268 e. The molecule has 0 unspecified atom stereocenters. The summed E-state index contributed by atoms with van der Waals surface area (Å²) in [6.07, 6.45) is 3.64. The van der Waals surface area contributed by atoms with Crippen molar-refractivity contribution in [3.8, 4) is 22.5 Å². The highest BCUT2D eigenvalue weighted by Gasteiger charge is 2.27. The second kappa shape index (κ2) is 10.7. The van der Waals surface area contributed by atoms with Crippen molar-refractivity contribution in [1.29, 1.82) is 0 Å². The van der Waals surface area contributed by atoms with Gasteiger partial charge >= 0.3 is 0 Å². The number of carbonyl (C=O) groups excluding carboxylic acids is 1. The van der Waals surface area contributed by atoms with E-state index in [1.54, 1.807) is 0 Å². The molecule has 1 saturated heterocycles. The minimum atomic E-state index is -0.127. The van der Waals surface area contributed by atoms with Crippen LogP contribution in [-0.4, -0.2) is 39.6 Å². The topological polar surface area (TPSA) is 74.7 Å². The van der Waals surface area contributed by atoms with Gasteiger partial charge in [0.1, 0.15) is 5.69 Å². The highest BCUT2D eigenvalue weighted by Crippen LogP contribution is 2.39. The minimum Gasteiger partial charge on any atom is -0.350 e. The number of amides is 1. The molecule has 3 N–H and O–H groups in total. The number of carbonyl (C=O) groups is 1. The second-order valence-electron chi connectivity index (χ2n) is 9.62. The van der Waals surface area contributed by atoms with E-state index in [0.29, 0.717) is 22.3 Å². The molecule has 38 heavy (non-hydrogen) atoms. The molecule has 0 atom stereocenters. The van der Waals surface area contributed by atoms with Gasteiger partial charge in [0.15, 0.2) is 0 Å². The number of fused-ring (bicyclic) bond motifs is 1. The largest absolute Gasteiger partial charge is 0.350 e. The van der Waals surface area contributed by atoms with Gasteiger partial charge in [0, 0.05) is 44.7 Å². The molecule has 6 nitrogen and oxygen atoms in total. The van der Waals surface area contributed by atoms with Crippen molar-refractivity contribution >= 4 is 40.0 Å². The van der Waals surface area contributed by atoms with Crippen molar-refractivity contribution in [1.82, 2.24) is 25.2 Å². The van der Waals surface area contributed by atoms with Crippen molar-refractivity contribution in [2.75, 3.05) is 13.1 Å². The Labute approximate surface area is 231 Å². The molecule has 1 aliphatic rings. The molecule has 3 aromatic carbocycles. The molecule has 1 fully saturated rings. The molecule has 0 spiro atoms. The van der Waals surface area contributed by atoms with Gasteiger partial charge in [-0.1, -0.05) is 71.7 Å². The quantitative estimate of drug-likeness (QED) is 0.227. The summed E-state index contributed by atoms with van der Waals surface area (Å²) in [6.45, 7) is 2.36. The predicted molar refractivity (Wildman–Crippen MR) is 154 cm³/mol. The Bertz CT molecular complexity index is 1580. The maximum atomic E-state index is 13.8. The molecule has 0 radical (unpaired) electrons. The number of piperidine rings is 1. The predicted octanol–water partition coefficient (Wildman–Crippen LogP) is 6.54. The third-order valence-electron chi connectivity index (χ3n) is 7.05. The van der Waals surface area contributed by atoms with Gasteiger partial charge in [-0.3, -0.25) is 4.79 Å². The van der Waals surface area contributed by atoms with Crippen LogP contribution in [0.1, 0.15) is 28.9 Å². The van der Waals surface area contributed by atoms with Crippen LogP contribution in [0.3, 0.4) is 0 Å². The van der Waals surface area contributed by atoms with Gasteiger partial charge in [-0.25, -0.2) is 4.98 Å². The molecular formula is C30H27Cl2N5O. The fourth-order valence-corrected chi connectivity index (χ4v) is 5.47. The number of hydrogen-bond acceptors (Lipinski definition) is 3. The maximum absolute atomic E-state index is 13.8. The zero-order valence-electron chi connectivity index (χ0n) is 20.7. The molecule has 5 aromatic rings. The number of H-pyrrole nitrogens is 1. The number of nitrogens with zero attached hydrogens (tertiary/aromatic N) is 2. The van der Waals surface area contributed by atoms with E-state index >= 15 is 0 Å². The Morgan fingerprint density at radius 1 is 0.974 bits per heavy atom. The summed E-state index contributed by atoms with van der Waals surface area (Å²) in [4.78, 5) is 22.0. The Morgan fingerprint density at radius 3 is 2.47 bits per heavy atom. The number of imidazole rings is 1. The molecule has 0 aliphatic carbocycles. The monoisotopic (exact) mass is 543 g/mol. The number of hydrogen-bond donors (Lipinski definition) is 3. The first-order chi connectivity index (χ1) is 18.6. The minimum absolute atomic E-state index is 0.124. The van der Waals surface area contributed by atoms with Gasteiger partial charge in [0.2, 0.25) is 0 Å². The van der Waals surface area contributed by atoms with E-state index in [-0.39, 0.29) is 11.9 Å². The number of aromatic nitrogens is 3. The molecule has 2 aromatic heterocycles. The molecule has 1 aliphatic heterocycles. The average Bonchev–Trinajstić information content (AvgIpc) is 3.51. The molecule has 0 saturated carbocycles. The summed E-state index contributed by atoms with van der Waals surface area (Å²) in [5.41, 5.74) is 5.87. The zero-order chi connectivity index (χ0) is 26.1. The Hall–Kier alpha value is -3.58. The zero-order valence-corrected chi connectivity index (χ0v) is 22.2. The molecule has 8 heteroatoms. The fraction of sp³-hybridized carbons (Fsp3) is 0.200. The standard InChI is InChI=1S/C30H27Cl2N5O/c31-21-8-6-19(7-9-21)17-37-18-34-27(20-4-2-1-3-5-20)29(37)26-24-11-10-22(32)16-25(24)36-28(26)30(38)35-23-12-14-33-15-13-23/h1-11,16,18,23,33,36H,12-15,17H2,(H,35,38). The van der Waals surface area contributed by atoms with Crippen LogP contribution in [-0.2, 0) is 6.54 Å². The summed E-state index contributed by atoms with van der Waals surface area (Å²) < 4.78 is 2.10. The number of benzene rings is 3. The lowest BCUT2D eigenvalue weighted by atomic mass is 10.0. The molecule has 3 heterocycles. The summed E-state index contributed by atoms with van der Waals surface area (Å²) in [7, 11) is 0. The Morgan fingerprint density at radius 2 is 1.71 bits per heavy atom. The highest BCUT2D eigenvalue weighted by molar-refractivity contribution is 6.31. The lowest BCUT2D eigenvalue weighted by Gasteiger charge is -2.23. The lowest BCUT2D eigenvalue weighted by molar-refractivity contribution is 0.0926. The van der Waals surface area contributed by atoms with Gasteiger partial charge in [-0.05, 0) is 55.8 Å². The van der Waals surface area contributed by atoms with Crippen molar-refractivity contribution in [2.24, 2.45) is 0 Å². The van der Waals surface area contributed by atoms with Crippen LogP contribution >= 0.6 is 23.2 Å². The first kappa shape index (κ1) is 24.7. The van der Waals surface area contributed by atoms with E-state index < -0.39 is 0 Å². The summed E-state index contributed by atoms with van der Waals surface area (Å²) >= 11 is 12.5. The van der Waals surface area contributed by atoms with E-state index in [2.05, 4.69) is 20.2 Å². The Balaban J connectivity index is 1.54. The van der Waals surface area contributed by atoms with Crippen LogP contribution in [0.2, 0.25) is 10.0 Å². The summed E-state index contributed by atoms with van der Waals surface area (Å²) in [5.74, 6) is -0.127. The third-order valence-corrected chi connectivity index (χ3v) is 7.54. The van der Waals surface area contributed by atoms with Crippen molar-refractivity contribution in [3.05, 3.63) is 100 Å². The normalized spacial score (nSPS) is 14.2. The molecular weight excluding hydrogens is 517 g/mol. The van der Waals surface area contributed by atoms with Crippen molar-refractivity contribution in [2.45, 2.75) is 25.4 Å². The van der Waals surface area contributed by atoms with Gasteiger partial charge < -0.3 is 20.2 Å². The van der Waals surface area contributed by atoms with Crippen LogP contribution in [0.25, 0.3) is 33.4 Å². The van der Waals surface area contributed by atoms with Gasteiger partial charge in [-0.2, -0.15) is 0 Å². The number of aromatic amines is 1. The Kier molecular flexibility index (Phi) is 6.94. The first-order valence-electron chi connectivity index (χ1n) is 12.7. The average molecular weight is 544 g/mol. The lowest BCUT2D eigenvalue weighted by Crippen LogP contribution is -2.42. The summed E-state index contributed by atoms with van der Waals surface area (Å²) in [6, 6.07) is 23.7. The highest BCUT2D eigenvalue weighted by atomic mass is 35.5. The van der Waals surface area contributed by atoms with Crippen LogP contribution < -0.4 is 10.6 Å². The summed E-state index contributed by atoms with van der Waals surface area (Å²) in [5, 5.41) is 8.83. The van der Waals surface area contributed by atoms with E-state index in [0.717, 1.165) is 64.9 Å². The molecule has 192 valence electrons.